The Bertz CT molecular complexity index is 624. The molecule has 0 aliphatic rings. The molecular weight excluding hydrogens is 457 g/mol. The van der Waals surface area contributed by atoms with Gasteiger partial charge in [-0.05, 0) is 64.4 Å². The molecule has 0 radical (unpaired) electrons. The Morgan fingerprint density at radius 1 is 1.35 bits per heavy atom. The molecule has 0 fully saturated rings. The molecule has 0 bridgehead atoms. The van der Waals surface area contributed by atoms with Gasteiger partial charge in [0.1, 0.15) is 5.82 Å². The van der Waals surface area contributed by atoms with Gasteiger partial charge in [0.25, 0.3) is 0 Å². The monoisotopic (exact) mass is 468 g/mol. The zero-order chi connectivity index (χ0) is 14.7. The predicted octanol–water partition coefficient (Wildman–Crippen LogP) is 4.59. The van der Waals surface area contributed by atoms with Gasteiger partial charge in [-0.25, -0.2) is 4.39 Å². The molecule has 3 N–H and O–H groups in total. The fourth-order valence-corrected chi connectivity index (χ4v) is 3.26. The van der Waals surface area contributed by atoms with Gasteiger partial charge in [0, 0.05) is 8.04 Å². The molecule has 0 aliphatic carbocycles. The van der Waals surface area contributed by atoms with Crippen LogP contribution in [0, 0.1) is 9.39 Å². The minimum Gasteiger partial charge on any atom is -0.271 e. The van der Waals surface area contributed by atoms with Crippen molar-refractivity contribution in [3.63, 3.8) is 0 Å². The second-order valence-corrected chi connectivity index (χ2v) is 6.76. The van der Waals surface area contributed by atoms with Crippen molar-refractivity contribution in [2.45, 2.75) is 12.5 Å². The van der Waals surface area contributed by atoms with E-state index in [1.54, 1.807) is 12.1 Å². The molecule has 2 nitrogen and oxygen atoms in total. The summed E-state index contributed by atoms with van der Waals surface area (Å²) in [5.74, 6) is 5.24. The van der Waals surface area contributed by atoms with Crippen LogP contribution in [0.1, 0.15) is 17.2 Å². The molecule has 1 unspecified atom stereocenters. The molecule has 6 heteroatoms. The van der Waals surface area contributed by atoms with Crippen molar-refractivity contribution >= 4 is 50.1 Å². The van der Waals surface area contributed by atoms with Gasteiger partial charge < -0.3 is 0 Å². The third kappa shape index (κ3) is 3.71. The smallest absolute Gasteiger partial charge is 0.142 e. The Hall–Kier alpha value is -0.210. The summed E-state index contributed by atoms with van der Waals surface area (Å²) in [5.41, 5.74) is 4.55. The van der Waals surface area contributed by atoms with Crippen LogP contribution in [-0.4, -0.2) is 0 Å². The van der Waals surface area contributed by atoms with Crippen molar-refractivity contribution in [1.82, 2.24) is 5.43 Å². The second-order valence-electron chi connectivity index (χ2n) is 4.30. The Morgan fingerprint density at radius 2 is 2.10 bits per heavy atom. The van der Waals surface area contributed by atoms with Gasteiger partial charge in [0.05, 0.1) is 11.1 Å². The van der Waals surface area contributed by atoms with Gasteiger partial charge in [-0.1, -0.05) is 39.7 Å². The molecule has 2 aromatic rings. The summed E-state index contributed by atoms with van der Waals surface area (Å²) in [6.07, 6.45) is 0.513. The first-order valence-electron chi connectivity index (χ1n) is 5.87. The quantitative estimate of drug-likeness (QED) is 0.391. The molecule has 0 saturated heterocycles. The number of benzene rings is 2. The van der Waals surface area contributed by atoms with Crippen molar-refractivity contribution < 1.29 is 4.39 Å². The first-order chi connectivity index (χ1) is 9.52. The van der Waals surface area contributed by atoms with Crippen LogP contribution in [0.5, 0.6) is 0 Å². The number of nitrogens with two attached hydrogens (primary N) is 1. The fourth-order valence-electron chi connectivity index (χ4n) is 1.97. The maximum Gasteiger partial charge on any atom is 0.142 e. The van der Waals surface area contributed by atoms with Crippen molar-refractivity contribution in [1.29, 1.82) is 0 Å². The van der Waals surface area contributed by atoms with Crippen molar-refractivity contribution in [2.24, 2.45) is 5.84 Å². The molecule has 0 aliphatic heterocycles. The summed E-state index contributed by atoms with van der Waals surface area (Å²) >= 11 is 11.7. The molecule has 106 valence electrons. The molecule has 0 amide bonds. The van der Waals surface area contributed by atoms with Crippen LogP contribution in [0.4, 0.5) is 4.39 Å². The highest BCUT2D eigenvalue weighted by atomic mass is 127. The number of hydrazine groups is 1. The first kappa shape index (κ1) is 16.2. The van der Waals surface area contributed by atoms with Crippen LogP contribution >= 0.6 is 50.1 Å². The summed E-state index contributed by atoms with van der Waals surface area (Å²) in [6.45, 7) is 0. The van der Waals surface area contributed by atoms with E-state index in [1.165, 1.54) is 6.07 Å². The van der Waals surface area contributed by atoms with Crippen molar-refractivity contribution in [3.05, 3.63) is 66.4 Å². The number of nitrogens with one attached hydrogen (secondary N) is 1. The summed E-state index contributed by atoms with van der Waals surface area (Å²) in [7, 11) is 0. The Balaban J connectivity index is 2.34. The highest BCUT2D eigenvalue weighted by molar-refractivity contribution is 14.1. The van der Waals surface area contributed by atoms with E-state index in [0.29, 0.717) is 6.42 Å². The van der Waals surface area contributed by atoms with Crippen LogP contribution in [0.15, 0.2) is 40.9 Å². The molecular formula is C14H12BrClFIN2. The minimum atomic E-state index is -0.413. The average Bonchev–Trinajstić information content (AvgIpc) is 2.43. The summed E-state index contributed by atoms with van der Waals surface area (Å²) < 4.78 is 15.5. The zero-order valence-corrected chi connectivity index (χ0v) is 14.8. The van der Waals surface area contributed by atoms with Crippen LogP contribution in [0.3, 0.4) is 0 Å². The molecule has 1 atom stereocenters. The summed E-state index contributed by atoms with van der Waals surface area (Å²) in [6, 6.07) is 10.6. The third-order valence-corrected chi connectivity index (χ3v) is 4.89. The standard InChI is InChI=1S/C14H12BrClFIN2/c15-9-4-5-12(18)10(7-9)13(20-19)6-8-2-1-3-11(17)14(8)16/h1-5,7,13,20H,6,19H2. The third-order valence-electron chi connectivity index (χ3n) is 2.99. The number of rotatable bonds is 4. The van der Waals surface area contributed by atoms with Gasteiger partial charge in [0.15, 0.2) is 0 Å². The molecule has 2 aromatic carbocycles. The molecule has 0 saturated carbocycles. The van der Waals surface area contributed by atoms with Crippen LogP contribution < -0.4 is 11.3 Å². The SMILES string of the molecule is NNC(Cc1cccc(F)c1Cl)c1cc(Br)ccc1I. The maximum atomic E-state index is 13.5. The van der Waals surface area contributed by atoms with E-state index in [4.69, 9.17) is 17.4 Å². The van der Waals surface area contributed by atoms with Gasteiger partial charge in [-0.2, -0.15) is 0 Å². The summed E-state index contributed by atoms with van der Waals surface area (Å²) in [4.78, 5) is 0. The number of halogens is 4. The lowest BCUT2D eigenvalue weighted by Gasteiger charge is -2.19. The van der Waals surface area contributed by atoms with Crippen LogP contribution in [-0.2, 0) is 6.42 Å². The maximum absolute atomic E-state index is 13.5. The fraction of sp³-hybridized carbons (Fsp3) is 0.143. The van der Waals surface area contributed by atoms with E-state index in [1.807, 2.05) is 18.2 Å². The van der Waals surface area contributed by atoms with E-state index >= 15 is 0 Å². The molecule has 20 heavy (non-hydrogen) atoms. The predicted molar refractivity (Wildman–Crippen MR) is 92.0 cm³/mol. The van der Waals surface area contributed by atoms with E-state index in [9.17, 15) is 4.39 Å². The Labute approximate surface area is 144 Å². The second kappa shape index (κ2) is 7.17. The Kier molecular flexibility index (Phi) is 5.80. The number of hydrogen-bond acceptors (Lipinski definition) is 2. The highest BCUT2D eigenvalue weighted by Crippen LogP contribution is 2.29. The highest BCUT2D eigenvalue weighted by Gasteiger charge is 2.17. The molecule has 2 rings (SSSR count). The van der Waals surface area contributed by atoms with Crippen LogP contribution in [0.25, 0.3) is 0 Å². The normalized spacial score (nSPS) is 12.4. The molecule has 0 aromatic heterocycles. The average molecular weight is 470 g/mol. The van der Waals surface area contributed by atoms with E-state index < -0.39 is 5.82 Å². The van der Waals surface area contributed by atoms with E-state index in [0.717, 1.165) is 19.2 Å². The van der Waals surface area contributed by atoms with Crippen molar-refractivity contribution in [2.75, 3.05) is 0 Å². The van der Waals surface area contributed by atoms with Crippen molar-refractivity contribution in [3.8, 4) is 0 Å². The Morgan fingerprint density at radius 3 is 2.80 bits per heavy atom. The lowest BCUT2D eigenvalue weighted by Crippen LogP contribution is -2.30. The summed E-state index contributed by atoms with van der Waals surface area (Å²) in [5, 5.41) is 0.151. The lowest BCUT2D eigenvalue weighted by molar-refractivity contribution is 0.546. The topological polar surface area (TPSA) is 38.0 Å². The molecule has 0 spiro atoms. The van der Waals surface area contributed by atoms with Gasteiger partial charge in [-0.15, -0.1) is 0 Å². The van der Waals surface area contributed by atoms with Gasteiger partial charge in [-0.3, -0.25) is 11.3 Å². The first-order valence-corrected chi connectivity index (χ1v) is 8.12. The lowest BCUT2D eigenvalue weighted by atomic mass is 9.99. The molecule has 0 heterocycles. The zero-order valence-electron chi connectivity index (χ0n) is 10.3. The number of hydrogen-bond donors (Lipinski definition) is 2. The van der Waals surface area contributed by atoms with Crippen LogP contribution in [0.2, 0.25) is 5.02 Å². The van der Waals surface area contributed by atoms with E-state index in [-0.39, 0.29) is 11.1 Å². The van der Waals surface area contributed by atoms with E-state index in [2.05, 4.69) is 43.9 Å². The van der Waals surface area contributed by atoms with Gasteiger partial charge >= 0.3 is 0 Å². The van der Waals surface area contributed by atoms with Gasteiger partial charge in [0.2, 0.25) is 0 Å². The largest absolute Gasteiger partial charge is 0.271 e. The minimum absolute atomic E-state index is 0.140.